The summed E-state index contributed by atoms with van der Waals surface area (Å²) >= 11 is 5.86. The van der Waals surface area contributed by atoms with Crippen LogP contribution in [0.25, 0.3) is 0 Å². The first-order valence-corrected chi connectivity index (χ1v) is 8.11. The maximum absolute atomic E-state index is 12.0. The van der Waals surface area contributed by atoms with Gasteiger partial charge in [-0.05, 0) is 38.1 Å². The van der Waals surface area contributed by atoms with Crippen LogP contribution in [0, 0.1) is 0 Å². The van der Waals surface area contributed by atoms with Crippen molar-refractivity contribution in [2.45, 2.75) is 52.1 Å². The zero-order valence-electron chi connectivity index (χ0n) is 13.4. The van der Waals surface area contributed by atoms with Crippen molar-refractivity contribution in [3.05, 3.63) is 34.9 Å². The van der Waals surface area contributed by atoms with Crippen LogP contribution >= 0.6 is 11.6 Å². The van der Waals surface area contributed by atoms with E-state index in [9.17, 15) is 4.79 Å². The van der Waals surface area contributed by atoms with Crippen molar-refractivity contribution >= 4 is 17.5 Å². The third kappa shape index (κ3) is 8.08. The summed E-state index contributed by atoms with van der Waals surface area (Å²) in [5.41, 5.74) is 1.16. The van der Waals surface area contributed by atoms with Crippen molar-refractivity contribution in [2.24, 2.45) is 0 Å². The van der Waals surface area contributed by atoms with Gasteiger partial charge in [0, 0.05) is 17.6 Å². The SMILES string of the molecule is CCCCCC(C)NC(=O)CN(C)Cc1ccc(Cl)cc1. The minimum atomic E-state index is 0.0930. The number of likely N-dealkylation sites (N-methyl/N-ethyl adjacent to an activating group) is 1. The van der Waals surface area contributed by atoms with Crippen molar-refractivity contribution < 1.29 is 4.79 Å². The molecule has 0 fully saturated rings. The van der Waals surface area contributed by atoms with Crippen molar-refractivity contribution in [1.82, 2.24) is 10.2 Å². The summed E-state index contributed by atoms with van der Waals surface area (Å²) in [6.45, 7) is 5.43. The van der Waals surface area contributed by atoms with Crippen LogP contribution in [0.3, 0.4) is 0 Å². The Labute approximate surface area is 133 Å². The number of rotatable bonds is 9. The molecular weight excluding hydrogens is 284 g/mol. The first kappa shape index (κ1) is 18.0. The maximum atomic E-state index is 12.0. The Morgan fingerprint density at radius 1 is 1.29 bits per heavy atom. The molecule has 1 unspecified atom stereocenters. The lowest BCUT2D eigenvalue weighted by molar-refractivity contribution is -0.122. The van der Waals surface area contributed by atoms with E-state index in [1.54, 1.807) is 0 Å². The summed E-state index contributed by atoms with van der Waals surface area (Å²) in [6.07, 6.45) is 4.68. The van der Waals surface area contributed by atoms with Gasteiger partial charge in [0.05, 0.1) is 6.54 Å². The van der Waals surface area contributed by atoms with Gasteiger partial charge in [-0.2, -0.15) is 0 Å². The van der Waals surface area contributed by atoms with E-state index < -0.39 is 0 Å². The molecule has 118 valence electrons. The normalized spacial score (nSPS) is 12.4. The number of carbonyl (C=O) groups is 1. The van der Waals surface area contributed by atoms with Crippen LogP contribution < -0.4 is 5.32 Å². The molecule has 0 aliphatic heterocycles. The van der Waals surface area contributed by atoms with Crippen LogP contribution in [-0.4, -0.2) is 30.4 Å². The standard InChI is InChI=1S/C17H27ClN2O/c1-4-5-6-7-14(2)19-17(21)13-20(3)12-15-8-10-16(18)11-9-15/h8-11,14H,4-7,12-13H2,1-3H3,(H,19,21). The Morgan fingerprint density at radius 3 is 2.57 bits per heavy atom. The van der Waals surface area contributed by atoms with E-state index in [-0.39, 0.29) is 11.9 Å². The number of halogens is 1. The molecule has 4 heteroatoms. The Kier molecular flexibility index (Phi) is 8.40. The van der Waals surface area contributed by atoms with Gasteiger partial charge in [-0.1, -0.05) is 49.9 Å². The molecule has 0 saturated carbocycles. The fraction of sp³-hybridized carbons (Fsp3) is 0.588. The smallest absolute Gasteiger partial charge is 0.234 e. The number of amides is 1. The van der Waals surface area contributed by atoms with Gasteiger partial charge in [0.15, 0.2) is 0 Å². The molecule has 0 saturated heterocycles. The average molecular weight is 311 g/mol. The molecule has 0 radical (unpaired) electrons. The zero-order valence-corrected chi connectivity index (χ0v) is 14.1. The molecular formula is C17H27ClN2O. The van der Waals surface area contributed by atoms with Gasteiger partial charge in [-0.25, -0.2) is 0 Å². The Balaban J connectivity index is 2.28. The van der Waals surface area contributed by atoms with E-state index >= 15 is 0 Å². The van der Waals surface area contributed by atoms with Gasteiger partial charge in [-0.15, -0.1) is 0 Å². The highest BCUT2D eigenvalue weighted by Gasteiger charge is 2.10. The second-order valence-electron chi connectivity index (χ2n) is 5.76. The summed E-state index contributed by atoms with van der Waals surface area (Å²) in [7, 11) is 1.95. The predicted molar refractivity (Wildman–Crippen MR) is 89.5 cm³/mol. The number of nitrogens with zero attached hydrogens (tertiary/aromatic N) is 1. The molecule has 1 atom stereocenters. The highest BCUT2D eigenvalue weighted by atomic mass is 35.5. The van der Waals surface area contributed by atoms with E-state index in [1.165, 1.54) is 19.3 Å². The molecule has 21 heavy (non-hydrogen) atoms. The first-order chi connectivity index (χ1) is 10.0. The molecule has 1 amide bonds. The van der Waals surface area contributed by atoms with Gasteiger partial charge in [0.2, 0.25) is 5.91 Å². The molecule has 0 spiro atoms. The Bertz CT molecular complexity index is 419. The van der Waals surface area contributed by atoms with Crippen LogP contribution in [0.15, 0.2) is 24.3 Å². The summed E-state index contributed by atoms with van der Waals surface area (Å²) in [5, 5.41) is 3.80. The molecule has 1 aromatic rings. The summed E-state index contributed by atoms with van der Waals surface area (Å²) in [4.78, 5) is 14.0. The van der Waals surface area contributed by atoms with Crippen molar-refractivity contribution in [3.8, 4) is 0 Å². The van der Waals surface area contributed by atoms with Crippen molar-refractivity contribution in [3.63, 3.8) is 0 Å². The van der Waals surface area contributed by atoms with Crippen LogP contribution in [0.1, 0.15) is 45.1 Å². The Morgan fingerprint density at radius 2 is 1.95 bits per heavy atom. The number of hydrogen-bond donors (Lipinski definition) is 1. The van der Waals surface area contributed by atoms with Crippen molar-refractivity contribution in [2.75, 3.05) is 13.6 Å². The quantitative estimate of drug-likeness (QED) is 0.703. The van der Waals surface area contributed by atoms with Gasteiger partial charge in [-0.3, -0.25) is 9.69 Å². The van der Waals surface area contributed by atoms with Crippen molar-refractivity contribution in [1.29, 1.82) is 0 Å². The zero-order chi connectivity index (χ0) is 15.7. The van der Waals surface area contributed by atoms with E-state index in [1.807, 2.05) is 36.2 Å². The minimum absolute atomic E-state index is 0.0930. The molecule has 0 aliphatic rings. The Hall–Kier alpha value is -1.06. The lowest BCUT2D eigenvalue weighted by Gasteiger charge is -2.19. The molecule has 3 nitrogen and oxygen atoms in total. The summed E-state index contributed by atoms with van der Waals surface area (Å²) < 4.78 is 0. The third-order valence-corrected chi connectivity index (χ3v) is 3.68. The molecule has 1 aromatic carbocycles. The molecule has 0 aromatic heterocycles. The number of benzene rings is 1. The molecule has 0 bridgehead atoms. The molecule has 0 aliphatic carbocycles. The van der Waals surface area contributed by atoms with Gasteiger partial charge >= 0.3 is 0 Å². The van der Waals surface area contributed by atoms with E-state index in [0.29, 0.717) is 6.54 Å². The molecule has 0 heterocycles. The second kappa shape index (κ2) is 9.80. The predicted octanol–water partition coefficient (Wildman–Crippen LogP) is 3.86. The molecule has 1 N–H and O–H groups in total. The topological polar surface area (TPSA) is 32.3 Å². The lowest BCUT2D eigenvalue weighted by atomic mass is 10.1. The maximum Gasteiger partial charge on any atom is 0.234 e. The van der Waals surface area contributed by atoms with Crippen LogP contribution in [-0.2, 0) is 11.3 Å². The first-order valence-electron chi connectivity index (χ1n) is 7.73. The van der Waals surface area contributed by atoms with E-state index in [0.717, 1.165) is 23.6 Å². The number of unbranched alkanes of at least 4 members (excludes halogenated alkanes) is 2. The van der Waals surface area contributed by atoms with Gasteiger partial charge in [0.25, 0.3) is 0 Å². The number of hydrogen-bond acceptors (Lipinski definition) is 2. The molecule has 1 rings (SSSR count). The van der Waals surface area contributed by atoms with Crippen LogP contribution in [0.2, 0.25) is 5.02 Å². The highest BCUT2D eigenvalue weighted by molar-refractivity contribution is 6.30. The monoisotopic (exact) mass is 310 g/mol. The van der Waals surface area contributed by atoms with E-state index in [4.69, 9.17) is 11.6 Å². The second-order valence-corrected chi connectivity index (χ2v) is 6.20. The summed E-state index contributed by atoms with van der Waals surface area (Å²) in [6, 6.07) is 7.99. The third-order valence-electron chi connectivity index (χ3n) is 3.43. The van der Waals surface area contributed by atoms with Gasteiger partial charge < -0.3 is 5.32 Å². The lowest BCUT2D eigenvalue weighted by Crippen LogP contribution is -2.39. The van der Waals surface area contributed by atoms with Gasteiger partial charge in [0.1, 0.15) is 0 Å². The fourth-order valence-electron chi connectivity index (χ4n) is 2.30. The van der Waals surface area contributed by atoms with Crippen LogP contribution in [0.5, 0.6) is 0 Å². The minimum Gasteiger partial charge on any atom is -0.353 e. The largest absolute Gasteiger partial charge is 0.353 e. The number of carbonyl (C=O) groups excluding carboxylic acids is 1. The fourth-order valence-corrected chi connectivity index (χ4v) is 2.42. The highest BCUT2D eigenvalue weighted by Crippen LogP contribution is 2.10. The van der Waals surface area contributed by atoms with E-state index in [2.05, 4.69) is 19.2 Å². The van der Waals surface area contributed by atoms with Crippen LogP contribution in [0.4, 0.5) is 0 Å². The number of nitrogens with one attached hydrogen (secondary N) is 1. The average Bonchev–Trinajstić information content (AvgIpc) is 2.41. The summed E-state index contributed by atoms with van der Waals surface area (Å²) in [5.74, 6) is 0.0930.